The number of carbonyl (C=O) groups is 2. The zero-order chi connectivity index (χ0) is 20.5. The maximum Gasteiger partial charge on any atom is 0.341 e. The number of hydrogen-bond acceptors (Lipinski definition) is 5. The monoisotopic (exact) mass is 416 g/mol. The van der Waals surface area contributed by atoms with Gasteiger partial charge in [0.25, 0.3) is 5.91 Å². The molecule has 28 heavy (non-hydrogen) atoms. The molecule has 0 saturated carbocycles. The SMILES string of the molecule is C#Cc1ccc(Nc2sc3c(c2C(=O)OCC)CC(C)(C)CNC3=O)c(Cl)c1. The van der Waals surface area contributed by atoms with E-state index in [0.717, 1.165) is 0 Å². The minimum absolute atomic E-state index is 0.182. The summed E-state index contributed by atoms with van der Waals surface area (Å²) >= 11 is 7.56. The van der Waals surface area contributed by atoms with Crippen molar-refractivity contribution >= 4 is 45.5 Å². The number of ether oxygens (including phenoxy) is 1. The molecule has 0 fully saturated rings. The van der Waals surface area contributed by atoms with Crippen molar-refractivity contribution in [1.29, 1.82) is 0 Å². The molecule has 2 heterocycles. The van der Waals surface area contributed by atoms with Crippen LogP contribution in [0.25, 0.3) is 0 Å². The molecule has 5 nitrogen and oxygen atoms in total. The first-order chi connectivity index (χ1) is 13.3. The highest BCUT2D eigenvalue weighted by Gasteiger charge is 2.35. The van der Waals surface area contributed by atoms with Crippen molar-refractivity contribution in [3.8, 4) is 12.3 Å². The predicted molar refractivity (Wildman–Crippen MR) is 113 cm³/mol. The molecule has 1 aromatic carbocycles. The molecule has 0 unspecified atom stereocenters. The van der Waals surface area contributed by atoms with Crippen molar-refractivity contribution in [2.24, 2.45) is 5.41 Å². The molecule has 0 radical (unpaired) electrons. The number of rotatable bonds is 4. The molecule has 146 valence electrons. The van der Waals surface area contributed by atoms with Crippen molar-refractivity contribution in [3.63, 3.8) is 0 Å². The standard InChI is InChI=1S/C21H21ClN2O3S/c1-5-12-7-8-15(14(22)9-12)24-19-16(20(26)27-6-2)13-10-21(3,4)11-23-18(25)17(13)28-19/h1,7-9,24H,6,10-11H2,2-4H3,(H,23,25). The lowest BCUT2D eigenvalue weighted by Gasteiger charge is -2.22. The molecular formula is C21H21ClN2O3S. The van der Waals surface area contributed by atoms with Gasteiger partial charge in [0.15, 0.2) is 0 Å². The van der Waals surface area contributed by atoms with Gasteiger partial charge in [-0.15, -0.1) is 17.8 Å². The highest BCUT2D eigenvalue weighted by atomic mass is 35.5. The van der Waals surface area contributed by atoms with E-state index in [1.807, 2.05) is 0 Å². The summed E-state index contributed by atoms with van der Waals surface area (Å²) < 4.78 is 5.28. The molecule has 0 bridgehead atoms. The van der Waals surface area contributed by atoms with E-state index < -0.39 is 5.97 Å². The van der Waals surface area contributed by atoms with Crippen LogP contribution in [-0.2, 0) is 11.2 Å². The summed E-state index contributed by atoms with van der Waals surface area (Å²) in [5.74, 6) is 1.89. The Kier molecular flexibility index (Phi) is 5.69. The summed E-state index contributed by atoms with van der Waals surface area (Å²) in [6.07, 6.45) is 5.99. The Morgan fingerprint density at radius 3 is 2.86 bits per heavy atom. The summed E-state index contributed by atoms with van der Waals surface area (Å²) in [6.45, 7) is 6.64. The Bertz CT molecular complexity index is 988. The number of carbonyl (C=O) groups excluding carboxylic acids is 2. The third-order valence-corrected chi connectivity index (χ3v) is 5.92. The minimum Gasteiger partial charge on any atom is -0.462 e. The van der Waals surface area contributed by atoms with Crippen LogP contribution in [0.1, 0.15) is 51.9 Å². The number of terminal acetylenes is 1. The van der Waals surface area contributed by atoms with E-state index >= 15 is 0 Å². The van der Waals surface area contributed by atoms with Crippen molar-refractivity contribution in [1.82, 2.24) is 5.32 Å². The molecule has 7 heteroatoms. The van der Waals surface area contributed by atoms with Crippen LogP contribution >= 0.6 is 22.9 Å². The summed E-state index contributed by atoms with van der Waals surface area (Å²) in [5, 5.41) is 7.09. The van der Waals surface area contributed by atoms with Gasteiger partial charge in [0.2, 0.25) is 0 Å². The van der Waals surface area contributed by atoms with Gasteiger partial charge < -0.3 is 15.4 Å². The van der Waals surface area contributed by atoms with Crippen LogP contribution in [0.2, 0.25) is 5.02 Å². The minimum atomic E-state index is -0.454. The highest BCUT2D eigenvalue weighted by Crippen LogP contribution is 2.41. The van der Waals surface area contributed by atoms with Gasteiger partial charge in [-0.25, -0.2) is 4.79 Å². The van der Waals surface area contributed by atoms with Crippen molar-refractivity contribution in [2.75, 3.05) is 18.5 Å². The number of nitrogens with one attached hydrogen (secondary N) is 2. The second-order valence-corrected chi connectivity index (χ2v) is 8.75. The number of hydrogen-bond donors (Lipinski definition) is 2. The van der Waals surface area contributed by atoms with Gasteiger partial charge in [-0.2, -0.15) is 0 Å². The van der Waals surface area contributed by atoms with E-state index in [9.17, 15) is 9.59 Å². The molecule has 1 aliphatic rings. The van der Waals surface area contributed by atoms with Crippen molar-refractivity contribution < 1.29 is 14.3 Å². The fourth-order valence-corrected chi connectivity index (χ4v) is 4.46. The Labute approximate surface area is 173 Å². The number of fused-ring (bicyclic) bond motifs is 1. The van der Waals surface area contributed by atoms with Crippen LogP contribution in [0, 0.1) is 17.8 Å². The Morgan fingerprint density at radius 1 is 1.46 bits per heavy atom. The second kappa shape index (κ2) is 7.86. The van der Waals surface area contributed by atoms with Crippen LogP contribution in [-0.4, -0.2) is 25.0 Å². The smallest absolute Gasteiger partial charge is 0.341 e. The quantitative estimate of drug-likeness (QED) is 0.564. The first-order valence-electron chi connectivity index (χ1n) is 8.90. The fraction of sp³-hybridized carbons (Fsp3) is 0.333. The lowest BCUT2D eigenvalue weighted by molar-refractivity contribution is 0.0526. The highest BCUT2D eigenvalue weighted by molar-refractivity contribution is 7.18. The molecular weight excluding hydrogens is 396 g/mol. The number of amides is 1. The molecule has 3 rings (SSSR count). The molecule has 0 spiro atoms. The van der Waals surface area contributed by atoms with Crippen molar-refractivity contribution in [3.05, 3.63) is 44.8 Å². The second-order valence-electron chi connectivity index (χ2n) is 7.32. The third kappa shape index (κ3) is 4.01. The van der Waals surface area contributed by atoms with Gasteiger partial charge in [0.1, 0.15) is 5.00 Å². The summed E-state index contributed by atoms with van der Waals surface area (Å²) in [5.41, 5.74) is 2.17. The molecule has 1 amide bonds. The van der Waals surface area contributed by atoms with Gasteiger partial charge in [0.05, 0.1) is 27.8 Å². The Hall–Kier alpha value is -2.49. The molecule has 0 saturated heterocycles. The average molecular weight is 417 g/mol. The van der Waals surface area contributed by atoms with E-state index in [4.69, 9.17) is 22.8 Å². The largest absolute Gasteiger partial charge is 0.462 e. The number of esters is 1. The first-order valence-corrected chi connectivity index (χ1v) is 10.1. The van der Waals surface area contributed by atoms with Gasteiger partial charge in [0, 0.05) is 12.1 Å². The summed E-state index contributed by atoms with van der Waals surface area (Å²) in [7, 11) is 0. The zero-order valence-electron chi connectivity index (χ0n) is 15.9. The molecule has 0 aliphatic carbocycles. The maximum atomic E-state index is 12.8. The van der Waals surface area contributed by atoms with E-state index in [-0.39, 0.29) is 17.9 Å². The first kappa shape index (κ1) is 20.2. The number of benzene rings is 1. The van der Waals surface area contributed by atoms with Crippen LogP contribution in [0.15, 0.2) is 18.2 Å². The molecule has 2 N–H and O–H groups in total. The van der Waals surface area contributed by atoms with Gasteiger partial charge in [-0.3, -0.25) is 4.79 Å². The van der Waals surface area contributed by atoms with E-state index in [1.54, 1.807) is 25.1 Å². The molecule has 0 atom stereocenters. The number of thiophene rings is 1. The van der Waals surface area contributed by atoms with Crippen molar-refractivity contribution in [2.45, 2.75) is 27.2 Å². The van der Waals surface area contributed by atoms with E-state index in [1.165, 1.54) is 11.3 Å². The maximum absolute atomic E-state index is 12.8. The third-order valence-electron chi connectivity index (χ3n) is 4.46. The van der Waals surface area contributed by atoms with Crippen LogP contribution < -0.4 is 10.6 Å². The lowest BCUT2D eigenvalue weighted by atomic mass is 9.85. The van der Waals surface area contributed by atoms with Crippen LogP contribution in [0.3, 0.4) is 0 Å². The zero-order valence-corrected chi connectivity index (χ0v) is 17.5. The molecule has 1 aliphatic heterocycles. The van der Waals surface area contributed by atoms with Crippen LogP contribution in [0.5, 0.6) is 0 Å². The average Bonchev–Trinajstić information content (AvgIpc) is 2.93. The lowest BCUT2D eigenvalue weighted by Crippen LogP contribution is -2.31. The summed E-state index contributed by atoms with van der Waals surface area (Å²) in [4.78, 5) is 25.9. The van der Waals surface area contributed by atoms with E-state index in [2.05, 4.69) is 30.4 Å². The topological polar surface area (TPSA) is 67.4 Å². The van der Waals surface area contributed by atoms with Gasteiger partial charge in [-0.1, -0.05) is 31.4 Å². The predicted octanol–water partition coefficient (Wildman–Crippen LogP) is 4.62. The number of anilines is 2. The van der Waals surface area contributed by atoms with Gasteiger partial charge in [-0.05, 0) is 42.5 Å². The Morgan fingerprint density at radius 2 is 2.21 bits per heavy atom. The van der Waals surface area contributed by atoms with Crippen LogP contribution in [0.4, 0.5) is 10.7 Å². The van der Waals surface area contributed by atoms with E-state index in [0.29, 0.717) is 50.2 Å². The molecule has 2 aromatic rings. The summed E-state index contributed by atoms with van der Waals surface area (Å²) in [6, 6.07) is 5.18. The number of halogens is 1. The molecule has 1 aromatic heterocycles. The van der Waals surface area contributed by atoms with Gasteiger partial charge >= 0.3 is 5.97 Å². The normalized spacial score (nSPS) is 15.0. The Balaban J connectivity index is 2.11. The fourth-order valence-electron chi connectivity index (χ4n) is 3.09.